The van der Waals surface area contributed by atoms with Crippen LogP contribution in [0.5, 0.6) is 0 Å². The van der Waals surface area contributed by atoms with Gasteiger partial charge in [-0.25, -0.2) is 0 Å². The normalized spacial score (nSPS) is 60.2. The molecule has 0 amide bonds. The Morgan fingerprint density at radius 2 is 1.73 bits per heavy atom. The fourth-order valence-electron chi connectivity index (χ4n) is 9.58. The summed E-state index contributed by atoms with van der Waals surface area (Å²) in [7, 11) is 0. The zero-order valence-electron chi connectivity index (χ0n) is 21.2. The monoisotopic (exact) mass is 528 g/mol. The number of aliphatic hydroxyl groups excluding tert-OH is 7. The van der Waals surface area contributed by atoms with E-state index in [1.807, 2.05) is 13.8 Å². The summed E-state index contributed by atoms with van der Waals surface area (Å²) in [6, 6.07) is 0. The first kappa shape index (κ1) is 26.5. The molecule has 11 heteroatoms. The van der Waals surface area contributed by atoms with E-state index in [0.29, 0.717) is 24.8 Å². The lowest BCUT2D eigenvalue weighted by molar-refractivity contribution is -0.478. The van der Waals surface area contributed by atoms with E-state index in [4.69, 9.17) is 14.2 Å². The zero-order chi connectivity index (χ0) is 26.9. The van der Waals surface area contributed by atoms with Crippen molar-refractivity contribution in [2.24, 2.45) is 34.0 Å². The summed E-state index contributed by atoms with van der Waals surface area (Å²) in [6.07, 6.45) is -10.1. The van der Waals surface area contributed by atoms with Crippen LogP contribution in [0.15, 0.2) is 12.2 Å². The Hall–Kier alpha value is -0.700. The Morgan fingerprint density at radius 3 is 2.41 bits per heavy atom. The molecular formula is C26H40O11. The molecule has 3 saturated heterocycles. The van der Waals surface area contributed by atoms with E-state index in [9.17, 15) is 40.9 Å². The highest BCUT2D eigenvalue weighted by Gasteiger charge is 2.85. The Morgan fingerprint density at radius 1 is 1.03 bits per heavy atom. The van der Waals surface area contributed by atoms with E-state index < -0.39 is 95.6 Å². The summed E-state index contributed by atoms with van der Waals surface area (Å²) in [6.45, 7) is 7.42. The summed E-state index contributed by atoms with van der Waals surface area (Å²) in [4.78, 5) is 0. The molecule has 3 heterocycles. The first-order chi connectivity index (χ1) is 17.3. The molecule has 210 valence electrons. The topological polar surface area (TPSA) is 190 Å². The van der Waals surface area contributed by atoms with E-state index in [1.165, 1.54) is 0 Å². The van der Waals surface area contributed by atoms with Crippen LogP contribution < -0.4 is 0 Å². The van der Waals surface area contributed by atoms with Gasteiger partial charge in [-0.1, -0.05) is 20.4 Å². The quantitative estimate of drug-likeness (QED) is 0.189. The van der Waals surface area contributed by atoms with Gasteiger partial charge < -0.3 is 55.1 Å². The second-order valence-corrected chi connectivity index (χ2v) is 13.1. The molecule has 7 fully saturated rings. The smallest absolute Gasteiger partial charge is 0.201 e. The third-order valence-electron chi connectivity index (χ3n) is 11.2. The molecule has 8 N–H and O–H groups in total. The van der Waals surface area contributed by atoms with E-state index in [-0.39, 0.29) is 18.9 Å². The maximum Gasteiger partial charge on any atom is 0.201 e. The van der Waals surface area contributed by atoms with Crippen molar-refractivity contribution in [3.05, 3.63) is 12.2 Å². The summed E-state index contributed by atoms with van der Waals surface area (Å²) in [5, 5.41) is 88.0. The molecule has 0 aromatic rings. The second kappa shape index (κ2) is 8.17. The van der Waals surface area contributed by atoms with Gasteiger partial charge in [0.2, 0.25) is 5.79 Å². The van der Waals surface area contributed by atoms with Crippen LogP contribution in [0.3, 0.4) is 0 Å². The molecule has 4 aliphatic carbocycles. The first-order valence-corrected chi connectivity index (χ1v) is 13.3. The van der Waals surface area contributed by atoms with E-state index >= 15 is 0 Å². The number of aliphatic hydroxyl groups is 8. The lowest BCUT2D eigenvalue weighted by atomic mass is 9.35. The fourth-order valence-corrected chi connectivity index (χ4v) is 9.58. The van der Waals surface area contributed by atoms with Gasteiger partial charge >= 0.3 is 0 Å². The van der Waals surface area contributed by atoms with Crippen LogP contribution in [0.4, 0.5) is 0 Å². The maximum atomic E-state index is 12.1. The van der Waals surface area contributed by atoms with Gasteiger partial charge in [-0.2, -0.15) is 0 Å². The molecule has 7 rings (SSSR count). The van der Waals surface area contributed by atoms with E-state index in [1.54, 1.807) is 0 Å². The van der Waals surface area contributed by atoms with Crippen LogP contribution in [0.2, 0.25) is 0 Å². The number of hydrogen-bond acceptors (Lipinski definition) is 11. The van der Waals surface area contributed by atoms with Crippen molar-refractivity contribution in [3.8, 4) is 0 Å². The number of hydrogen-bond donors (Lipinski definition) is 8. The van der Waals surface area contributed by atoms with Crippen molar-refractivity contribution in [2.75, 3.05) is 13.2 Å². The van der Waals surface area contributed by atoms with Gasteiger partial charge in [0.15, 0.2) is 6.29 Å². The highest BCUT2D eigenvalue weighted by atomic mass is 16.7. The van der Waals surface area contributed by atoms with Gasteiger partial charge in [-0.3, -0.25) is 0 Å². The highest BCUT2D eigenvalue weighted by Crippen LogP contribution is 2.77. The Labute approximate surface area is 215 Å². The average Bonchev–Trinajstić information content (AvgIpc) is 3.05. The Kier molecular flexibility index (Phi) is 5.86. The van der Waals surface area contributed by atoms with Crippen molar-refractivity contribution in [3.63, 3.8) is 0 Å². The largest absolute Gasteiger partial charge is 0.394 e. The second-order valence-electron chi connectivity index (χ2n) is 13.1. The molecule has 37 heavy (non-hydrogen) atoms. The minimum Gasteiger partial charge on any atom is -0.394 e. The van der Waals surface area contributed by atoms with Crippen LogP contribution in [0.1, 0.15) is 39.5 Å². The van der Waals surface area contributed by atoms with Crippen molar-refractivity contribution >= 4 is 0 Å². The first-order valence-electron chi connectivity index (χ1n) is 13.3. The van der Waals surface area contributed by atoms with Gasteiger partial charge in [-0.05, 0) is 42.6 Å². The molecule has 3 aliphatic heterocycles. The molecule has 15 atom stereocenters. The van der Waals surface area contributed by atoms with Crippen LogP contribution in [-0.4, -0.2) is 115 Å². The number of rotatable bonds is 3. The average molecular weight is 529 g/mol. The zero-order valence-corrected chi connectivity index (χ0v) is 21.2. The van der Waals surface area contributed by atoms with Crippen molar-refractivity contribution in [1.29, 1.82) is 0 Å². The Balaban J connectivity index is 1.48. The van der Waals surface area contributed by atoms with Gasteiger partial charge in [0.05, 0.1) is 36.9 Å². The van der Waals surface area contributed by atoms with Crippen LogP contribution in [0.25, 0.3) is 0 Å². The minimum atomic E-state index is -2.13. The van der Waals surface area contributed by atoms with Crippen LogP contribution >= 0.6 is 0 Å². The molecule has 0 aromatic heterocycles. The third kappa shape index (κ3) is 3.00. The molecule has 4 saturated carbocycles. The SMILES string of the molecule is C=C1[C@@H]2C[C@H](O[C@@H]3O[C@H](CO)[C@@H](O)[C@H](O)[C@H]3O)[C@H]3[C@@]45CO[C@](O)([C@@H](O)[C@@H]4C(C)(C)CC[C@@H]5O)[C@]3(C2)[C@@H]1O. The number of fused-ring (bicyclic) bond motifs is 2. The molecule has 7 aliphatic rings. The maximum absolute atomic E-state index is 12.1. The van der Waals surface area contributed by atoms with E-state index in [0.717, 1.165) is 0 Å². The van der Waals surface area contributed by atoms with Crippen molar-refractivity contribution in [2.45, 2.75) is 100 Å². The van der Waals surface area contributed by atoms with Crippen molar-refractivity contribution < 1.29 is 55.1 Å². The van der Waals surface area contributed by atoms with Crippen LogP contribution in [0, 0.1) is 34.0 Å². The minimum absolute atomic E-state index is 0.0549. The van der Waals surface area contributed by atoms with Gasteiger partial charge in [-0.15, -0.1) is 0 Å². The molecule has 0 radical (unpaired) electrons. The van der Waals surface area contributed by atoms with Gasteiger partial charge in [0, 0.05) is 17.3 Å². The predicted molar refractivity (Wildman–Crippen MR) is 124 cm³/mol. The lowest BCUT2D eigenvalue weighted by Crippen LogP contribution is -2.85. The van der Waals surface area contributed by atoms with E-state index in [2.05, 4.69) is 6.58 Å². The van der Waals surface area contributed by atoms with Gasteiger partial charge in [0.25, 0.3) is 0 Å². The molecule has 2 spiro atoms. The van der Waals surface area contributed by atoms with Crippen molar-refractivity contribution in [1.82, 2.24) is 0 Å². The fraction of sp³-hybridized carbons (Fsp3) is 0.923. The molecule has 0 aromatic carbocycles. The van der Waals surface area contributed by atoms with Crippen LogP contribution in [-0.2, 0) is 14.2 Å². The predicted octanol–water partition coefficient (Wildman–Crippen LogP) is -2.01. The molecule has 0 unspecified atom stereocenters. The Bertz CT molecular complexity index is 957. The molecule has 4 bridgehead atoms. The highest BCUT2D eigenvalue weighted by molar-refractivity contribution is 5.36. The summed E-state index contributed by atoms with van der Waals surface area (Å²) >= 11 is 0. The third-order valence-corrected chi connectivity index (χ3v) is 11.2. The summed E-state index contributed by atoms with van der Waals surface area (Å²) < 4.78 is 18.1. The molecule has 11 nitrogen and oxygen atoms in total. The van der Waals surface area contributed by atoms with Gasteiger partial charge in [0.1, 0.15) is 30.5 Å². The lowest BCUT2D eigenvalue weighted by Gasteiger charge is -2.76. The summed E-state index contributed by atoms with van der Waals surface area (Å²) in [5.74, 6) is -3.74. The summed E-state index contributed by atoms with van der Waals surface area (Å²) in [5.41, 5.74) is -2.53. The number of ether oxygens (including phenoxy) is 3. The molecular weight excluding hydrogens is 488 g/mol. The standard InChI is InChI=1S/C26H40O11/c1-10-11-6-12(36-22-17(31)16(30)15(29)13(8-27)37-22)18-24-9-35-26(34,25(18,7-11)20(10)32)21(33)19(24)23(2,3)5-4-14(24)28/h11-22,27-34H,1,4-9H2,2-3H3/t11-,12+,13-,14+,15-,16+,17-,18+,19-,20-,21+,22-,24+,25+,26-/m1/s1.